The maximum Gasteiger partial charge on any atom is 0.415 e. The summed E-state index contributed by atoms with van der Waals surface area (Å²) in [6, 6.07) is 9.92. The molecule has 2 saturated heterocycles. The van der Waals surface area contributed by atoms with Crippen molar-refractivity contribution in [1.29, 1.82) is 0 Å². The average molecular weight is 1000 g/mol. The van der Waals surface area contributed by atoms with E-state index in [1.165, 1.54) is 30.8 Å². The molecule has 3 aromatic carbocycles. The first-order valence-corrected chi connectivity index (χ1v) is 23.5. The Morgan fingerprint density at radius 2 is 1.47 bits per heavy atom. The van der Waals surface area contributed by atoms with E-state index in [4.69, 9.17) is 24.0 Å². The van der Waals surface area contributed by atoms with E-state index in [1.54, 1.807) is 29.2 Å². The van der Waals surface area contributed by atoms with Crippen LogP contribution >= 0.6 is 0 Å². The number of rotatable bonds is 12. The van der Waals surface area contributed by atoms with Crippen LogP contribution in [0.3, 0.4) is 0 Å². The van der Waals surface area contributed by atoms with Crippen LogP contribution in [-0.2, 0) is 49.1 Å². The second kappa shape index (κ2) is 18.5. The number of fused-ring (bicyclic) bond motifs is 8. The number of carbonyl (C=O) groups excluding carboxylic acids is 3. The largest absolute Gasteiger partial charge is 0.457 e. The van der Waals surface area contributed by atoms with E-state index >= 15 is 0 Å². The fourth-order valence-corrected chi connectivity index (χ4v) is 10.9. The van der Waals surface area contributed by atoms with Crippen molar-refractivity contribution in [3.05, 3.63) is 133 Å². The number of likely N-dealkylation sites (tertiary alicyclic amines) is 2. The number of ether oxygens (including phenoxy) is 3. The van der Waals surface area contributed by atoms with Gasteiger partial charge in [0.2, 0.25) is 12.2 Å². The average Bonchev–Trinajstić information content (AvgIpc) is 3.91. The molecule has 2 aromatic heterocycles. The number of cyclic esters (lactones) is 1. The van der Waals surface area contributed by atoms with Gasteiger partial charge in [-0.2, -0.15) is 0 Å². The van der Waals surface area contributed by atoms with Crippen LogP contribution in [0.4, 0.5) is 27.5 Å². The van der Waals surface area contributed by atoms with E-state index in [0.717, 1.165) is 54.6 Å². The van der Waals surface area contributed by atoms with Crippen molar-refractivity contribution in [2.24, 2.45) is 5.16 Å². The monoisotopic (exact) mass is 1000 g/mol. The quantitative estimate of drug-likeness (QED) is 0.0696. The summed E-state index contributed by atoms with van der Waals surface area (Å²) in [7, 11) is 0. The second-order valence-electron chi connectivity index (χ2n) is 18.2. The number of aryl methyl sites for hydroxylation is 1. The highest BCUT2D eigenvalue weighted by Crippen LogP contribution is 2.50. The minimum Gasteiger partial charge on any atom is -0.457 e. The zero-order valence-electron chi connectivity index (χ0n) is 39.2. The summed E-state index contributed by atoms with van der Waals surface area (Å²) in [5, 5.41) is 52.7. The van der Waals surface area contributed by atoms with Gasteiger partial charge in [0.1, 0.15) is 18.1 Å². The van der Waals surface area contributed by atoms with Crippen LogP contribution in [0.15, 0.2) is 58.5 Å². The van der Waals surface area contributed by atoms with Crippen LogP contribution in [0.25, 0.3) is 33.4 Å². The van der Waals surface area contributed by atoms with Gasteiger partial charge < -0.3 is 33.4 Å². The topological polar surface area (TPSA) is 314 Å². The molecule has 1 amide bonds. The van der Waals surface area contributed by atoms with Gasteiger partial charge in [-0.3, -0.25) is 45.3 Å². The molecule has 0 unspecified atom stereocenters. The Morgan fingerprint density at radius 3 is 2.05 bits per heavy atom. The molecule has 0 radical (unpaired) electrons. The molecule has 4 aliphatic heterocycles. The lowest BCUT2D eigenvalue weighted by atomic mass is 9.85. The molecular weight excluding hydrogens is 959 g/mol. The summed E-state index contributed by atoms with van der Waals surface area (Å²) < 4.78 is 18.7. The number of nitrogens with zero attached hydrogens (tertiary/aromatic N) is 9. The summed E-state index contributed by atoms with van der Waals surface area (Å²) in [6.07, 6.45) is 5.25. The first-order valence-electron chi connectivity index (χ1n) is 23.5. The Kier molecular flexibility index (Phi) is 12.1. The van der Waals surface area contributed by atoms with Crippen LogP contribution in [-0.4, -0.2) is 102 Å². The van der Waals surface area contributed by atoms with Crippen molar-refractivity contribution in [1.82, 2.24) is 19.4 Å². The SMILES string of the molecule is CCc1c2c(nc3ccc(OC(=O)N4CCC(N5CCCCC5)CC4)cc13)-c1cc3c(c(=O)n1C2)COC(=O)[C@@]3(CC)OC(=O)CON=C1c2cc([N+](=O)[O-])cc([N+](=O)[O-])c2-c2c1cc([N+](=O)[O-])cc2[N+](=O)[O-]. The molecule has 0 bridgehead atoms. The highest BCUT2D eigenvalue weighted by molar-refractivity contribution is 6.27. The minimum atomic E-state index is -2.22. The predicted octanol–water partition coefficient (Wildman–Crippen LogP) is 6.72. The normalized spacial score (nSPS) is 17.9. The highest BCUT2D eigenvalue weighted by Gasteiger charge is 2.51. The number of carbonyl (C=O) groups is 3. The van der Waals surface area contributed by atoms with Crippen molar-refractivity contribution in [3.63, 3.8) is 0 Å². The molecule has 10 rings (SSSR count). The minimum absolute atomic E-state index is 0.0225. The molecule has 1 aliphatic carbocycles. The van der Waals surface area contributed by atoms with Gasteiger partial charge in [-0.05, 0) is 81.4 Å². The number of nitro benzene ring substituents is 4. The zero-order valence-corrected chi connectivity index (χ0v) is 39.2. The highest BCUT2D eigenvalue weighted by atomic mass is 16.7. The van der Waals surface area contributed by atoms with Gasteiger partial charge in [0.25, 0.3) is 28.3 Å². The molecule has 25 nitrogen and oxygen atoms in total. The van der Waals surface area contributed by atoms with Gasteiger partial charge in [0, 0.05) is 58.9 Å². The molecule has 0 saturated carbocycles. The molecule has 1 atom stereocenters. The third-order valence-electron chi connectivity index (χ3n) is 14.3. The third kappa shape index (κ3) is 8.09. The number of benzene rings is 3. The van der Waals surface area contributed by atoms with E-state index in [0.29, 0.717) is 60.3 Å². The van der Waals surface area contributed by atoms with E-state index in [2.05, 4.69) is 10.1 Å². The lowest BCUT2D eigenvalue weighted by Crippen LogP contribution is -2.48. The molecule has 6 heterocycles. The molecule has 0 spiro atoms. The van der Waals surface area contributed by atoms with Crippen LogP contribution in [0.5, 0.6) is 5.75 Å². The number of pyridine rings is 2. The Labute approximate surface area is 411 Å². The van der Waals surface area contributed by atoms with Crippen LogP contribution in [0, 0.1) is 40.5 Å². The lowest BCUT2D eigenvalue weighted by molar-refractivity contribution is -0.395. The van der Waals surface area contributed by atoms with Crippen molar-refractivity contribution in [2.75, 3.05) is 32.8 Å². The summed E-state index contributed by atoms with van der Waals surface area (Å²) >= 11 is 0. The summed E-state index contributed by atoms with van der Waals surface area (Å²) in [6.45, 7) is 5.37. The standard InChI is InChI=1S/C48H43N9O16/c1-3-29-30-20-28(72-47(61)52-14-10-25(11-15-52)51-12-6-5-7-13-51)8-9-36(30)49-44-33(29)22-53-39(44)21-35-34(45(53)59)23-70-46(60)48(35,4-2)73-40(58)24-71-50-43-31-16-26(54(62)63)18-37(56(66)67)41(31)42-32(43)17-27(55(64)65)19-38(42)57(68)69/h8-9,16-21,25H,3-7,10-15,22-24H2,1-2H3/t48-/m0/s1. The van der Waals surface area contributed by atoms with E-state index in [9.17, 15) is 59.6 Å². The number of hydrogen-bond donors (Lipinski definition) is 0. The molecule has 2 fully saturated rings. The zero-order chi connectivity index (χ0) is 51.6. The molecule has 0 N–H and O–H groups in total. The maximum atomic E-state index is 14.4. The maximum absolute atomic E-state index is 14.4. The number of nitro groups is 4. The first kappa shape index (κ1) is 47.9. The van der Waals surface area contributed by atoms with Gasteiger partial charge in [0.15, 0.2) is 0 Å². The number of hydrogen-bond acceptors (Lipinski definition) is 19. The number of piperidine rings is 2. The van der Waals surface area contributed by atoms with E-state index < -0.39 is 113 Å². The number of esters is 2. The Balaban J connectivity index is 0.933. The van der Waals surface area contributed by atoms with E-state index in [1.807, 2.05) is 6.92 Å². The second-order valence-corrected chi connectivity index (χ2v) is 18.2. The molecule has 5 aromatic rings. The van der Waals surface area contributed by atoms with Crippen LogP contribution in [0.1, 0.15) is 85.8 Å². The number of aromatic nitrogens is 2. The van der Waals surface area contributed by atoms with E-state index in [-0.39, 0.29) is 24.1 Å². The van der Waals surface area contributed by atoms with Gasteiger partial charge in [-0.15, -0.1) is 0 Å². The molecule has 73 heavy (non-hydrogen) atoms. The number of amides is 1. The fraction of sp³-hybridized carbons (Fsp3) is 0.375. The lowest BCUT2D eigenvalue weighted by Gasteiger charge is -2.39. The van der Waals surface area contributed by atoms with Gasteiger partial charge >= 0.3 is 18.0 Å². The van der Waals surface area contributed by atoms with Crippen LogP contribution in [0.2, 0.25) is 0 Å². The molecule has 5 aliphatic rings. The first-order chi connectivity index (χ1) is 35.0. The van der Waals surface area contributed by atoms with Crippen molar-refractivity contribution in [3.8, 4) is 28.3 Å². The number of non-ortho nitro benzene ring substituents is 2. The van der Waals surface area contributed by atoms with Crippen LogP contribution < -0.4 is 10.3 Å². The smallest absolute Gasteiger partial charge is 0.415 e. The predicted molar refractivity (Wildman–Crippen MR) is 254 cm³/mol. The summed E-state index contributed by atoms with van der Waals surface area (Å²) in [4.78, 5) is 114. The fourth-order valence-electron chi connectivity index (χ4n) is 10.9. The Hall–Kier alpha value is -8.74. The number of oxime groups is 1. The Bertz CT molecular complexity index is 3290. The molecular formula is C48H43N9O16. The van der Waals surface area contributed by atoms with Gasteiger partial charge in [-0.1, -0.05) is 25.4 Å². The van der Waals surface area contributed by atoms with Gasteiger partial charge in [0.05, 0.1) is 72.0 Å². The molecule has 25 heteroatoms. The van der Waals surface area contributed by atoms with Gasteiger partial charge in [-0.25, -0.2) is 19.4 Å². The van der Waals surface area contributed by atoms with Crippen molar-refractivity contribution in [2.45, 2.75) is 83.6 Å². The Morgan fingerprint density at radius 1 is 0.822 bits per heavy atom. The molecule has 376 valence electrons. The van der Waals surface area contributed by atoms with Crippen molar-refractivity contribution < 1.29 is 53.1 Å². The third-order valence-corrected chi connectivity index (χ3v) is 14.3. The summed E-state index contributed by atoms with van der Waals surface area (Å²) in [5.74, 6) is -1.94. The van der Waals surface area contributed by atoms with Crippen molar-refractivity contribution >= 4 is 57.4 Å². The summed E-state index contributed by atoms with van der Waals surface area (Å²) in [5.41, 5.74) is -5.87.